The van der Waals surface area contributed by atoms with Crippen LogP contribution in [-0.4, -0.2) is 25.8 Å². The number of nitrogens with one attached hydrogen (secondary N) is 1. The standard InChI is InChI=1S/C19H22BN3O3/c1-3-4-5-10-25-19-14(12-21)6-9-18(23-19)22-16-7-8-17-15(11-16)13-26-20(17)24-2/h6-9,11H,3-5,10,13H2,1-2H3,(H,22,23). The Morgan fingerprint density at radius 3 is 2.96 bits per heavy atom. The number of unbranched alkanes of at least 4 members (excludes halogenated alkanes) is 2. The number of aromatic nitrogens is 1. The number of pyridine rings is 1. The molecule has 0 saturated carbocycles. The predicted molar refractivity (Wildman–Crippen MR) is 101 cm³/mol. The van der Waals surface area contributed by atoms with Crippen LogP contribution in [0.3, 0.4) is 0 Å². The van der Waals surface area contributed by atoms with E-state index < -0.39 is 0 Å². The van der Waals surface area contributed by atoms with Crippen molar-refractivity contribution in [2.24, 2.45) is 0 Å². The molecule has 0 radical (unpaired) electrons. The van der Waals surface area contributed by atoms with Gasteiger partial charge in [-0.2, -0.15) is 10.2 Å². The maximum absolute atomic E-state index is 9.24. The third kappa shape index (κ3) is 4.16. The second-order valence-corrected chi connectivity index (χ2v) is 6.13. The van der Waals surface area contributed by atoms with Crippen molar-refractivity contribution in [3.05, 3.63) is 41.5 Å². The SMILES string of the molecule is CCCCCOc1nc(Nc2ccc3c(c2)COB3OC)ccc1C#N. The van der Waals surface area contributed by atoms with Gasteiger partial charge in [-0.1, -0.05) is 25.8 Å². The molecule has 0 spiro atoms. The van der Waals surface area contributed by atoms with Gasteiger partial charge in [-0.05, 0) is 41.7 Å². The Bertz CT molecular complexity index is 807. The van der Waals surface area contributed by atoms with Crippen molar-refractivity contribution in [2.45, 2.75) is 32.8 Å². The molecular formula is C19H22BN3O3. The lowest BCUT2D eigenvalue weighted by molar-refractivity contribution is 0.246. The molecule has 0 bridgehead atoms. The Labute approximate surface area is 154 Å². The predicted octanol–water partition coefficient (Wildman–Crippen LogP) is 3.14. The third-order valence-corrected chi connectivity index (χ3v) is 4.24. The molecule has 0 atom stereocenters. The van der Waals surface area contributed by atoms with Crippen molar-refractivity contribution >= 4 is 24.1 Å². The molecule has 26 heavy (non-hydrogen) atoms. The third-order valence-electron chi connectivity index (χ3n) is 4.24. The van der Waals surface area contributed by atoms with Crippen molar-refractivity contribution in [2.75, 3.05) is 19.0 Å². The number of benzene rings is 1. The summed E-state index contributed by atoms with van der Waals surface area (Å²) in [5.41, 5.74) is 3.48. The average Bonchev–Trinajstić information content (AvgIpc) is 3.08. The molecule has 1 aliphatic rings. The van der Waals surface area contributed by atoms with Gasteiger partial charge >= 0.3 is 7.12 Å². The number of anilines is 2. The molecule has 3 rings (SSSR count). The highest BCUT2D eigenvalue weighted by Gasteiger charge is 2.29. The first-order valence-corrected chi connectivity index (χ1v) is 8.83. The van der Waals surface area contributed by atoms with Crippen LogP contribution >= 0.6 is 0 Å². The van der Waals surface area contributed by atoms with Crippen molar-refractivity contribution in [3.8, 4) is 11.9 Å². The number of nitriles is 1. The zero-order chi connectivity index (χ0) is 18.4. The van der Waals surface area contributed by atoms with E-state index in [0.717, 1.165) is 36.0 Å². The van der Waals surface area contributed by atoms with Gasteiger partial charge in [0, 0.05) is 12.8 Å². The molecule has 0 saturated heterocycles. The van der Waals surface area contributed by atoms with Gasteiger partial charge in [0.25, 0.3) is 0 Å². The monoisotopic (exact) mass is 351 g/mol. The summed E-state index contributed by atoms with van der Waals surface area (Å²) in [6.07, 6.45) is 3.17. The normalized spacial score (nSPS) is 12.6. The molecule has 1 aromatic carbocycles. The molecule has 0 unspecified atom stereocenters. The van der Waals surface area contributed by atoms with Crippen LogP contribution in [0.15, 0.2) is 30.3 Å². The van der Waals surface area contributed by atoms with Crippen molar-refractivity contribution in [1.82, 2.24) is 4.98 Å². The Hall–Kier alpha value is -2.56. The molecule has 2 aromatic rings. The summed E-state index contributed by atoms with van der Waals surface area (Å²) < 4.78 is 16.6. The van der Waals surface area contributed by atoms with E-state index >= 15 is 0 Å². The van der Waals surface area contributed by atoms with Crippen molar-refractivity contribution in [3.63, 3.8) is 0 Å². The Balaban J connectivity index is 1.73. The maximum atomic E-state index is 9.24. The number of fused-ring (bicyclic) bond motifs is 1. The van der Waals surface area contributed by atoms with Crippen LogP contribution in [0.1, 0.15) is 37.3 Å². The topological polar surface area (TPSA) is 76.4 Å². The van der Waals surface area contributed by atoms with E-state index in [1.54, 1.807) is 19.2 Å². The molecule has 1 aromatic heterocycles. The van der Waals surface area contributed by atoms with E-state index in [9.17, 15) is 5.26 Å². The second kappa shape index (κ2) is 8.70. The molecule has 2 heterocycles. The van der Waals surface area contributed by atoms with Crippen LogP contribution < -0.4 is 15.5 Å². The number of hydrogen-bond acceptors (Lipinski definition) is 6. The molecule has 0 aliphatic carbocycles. The van der Waals surface area contributed by atoms with Crippen molar-refractivity contribution in [1.29, 1.82) is 5.26 Å². The van der Waals surface area contributed by atoms with Crippen LogP contribution in [0.5, 0.6) is 5.88 Å². The first kappa shape index (κ1) is 18.2. The first-order valence-electron chi connectivity index (χ1n) is 8.83. The number of nitrogens with zero attached hydrogens (tertiary/aromatic N) is 2. The highest BCUT2D eigenvalue weighted by molar-refractivity contribution is 6.62. The number of rotatable bonds is 8. The largest absolute Gasteiger partial charge is 0.494 e. The van der Waals surface area contributed by atoms with Gasteiger partial charge in [0.2, 0.25) is 5.88 Å². The highest BCUT2D eigenvalue weighted by atomic mass is 16.6. The van der Waals surface area contributed by atoms with Crippen LogP contribution in [0.4, 0.5) is 11.5 Å². The molecule has 0 fully saturated rings. The molecular weight excluding hydrogens is 329 g/mol. The van der Waals surface area contributed by atoms with Gasteiger partial charge in [0.15, 0.2) is 0 Å². The quantitative estimate of drug-likeness (QED) is 0.582. The fourth-order valence-electron chi connectivity index (χ4n) is 2.86. The van der Waals surface area contributed by atoms with Crippen LogP contribution in [0.25, 0.3) is 0 Å². The molecule has 7 heteroatoms. The Kier molecular flexibility index (Phi) is 6.10. The van der Waals surface area contributed by atoms with Crippen LogP contribution in [0, 0.1) is 11.3 Å². The summed E-state index contributed by atoms with van der Waals surface area (Å²) in [7, 11) is 1.34. The Morgan fingerprint density at radius 1 is 1.31 bits per heavy atom. The number of ether oxygens (including phenoxy) is 1. The lowest BCUT2D eigenvalue weighted by Crippen LogP contribution is -2.30. The lowest BCUT2D eigenvalue weighted by Gasteiger charge is -2.11. The minimum Gasteiger partial charge on any atom is -0.477 e. The van der Waals surface area contributed by atoms with E-state index in [2.05, 4.69) is 23.3 Å². The Morgan fingerprint density at radius 2 is 2.19 bits per heavy atom. The summed E-state index contributed by atoms with van der Waals surface area (Å²) in [5.74, 6) is 1.01. The molecule has 1 N–H and O–H groups in total. The fourth-order valence-corrected chi connectivity index (χ4v) is 2.86. The highest BCUT2D eigenvalue weighted by Crippen LogP contribution is 2.23. The minimum absolute atomic E-state index is 0.296. The summed E-state index contributed by atoms with van der Waals surface area (Å²) in [6.45, 7) is 3.23. The maximum Gasteiger partial charge on any atom is 0.494 e. The number of hydrogen-bond donors (Lipinski definition) is 1. The molecule has 1 aliphatic heterocycles. The van der Waals surface area contributed by atoms with Gasteiger partial charge < -0.3 is 19.4 Å². The van der Waals surface area contributed by atoms with Gasteiger partial charge in [-0.3, -0.25) is 0 Å². The zero-order valence-corrected chi connectivity index (χ0v) is 15.1. The van der Waals surface area contributed by atoms with Gasteiger partial charge in [0.05, 0.1) is 13.2 Å². The van der Waals surface area contributed by atoms with Crippen molar-refractivity contribution < 1.29 is 14.0 Å². The van der Waals surface area contributed by atoms with Gasteiger partial charge in [0.1, 0.15) is 17.5 Å². The molecule has 6 nitrogen and oxygen atoms in total. The zero-order valence-electron chi connectivity index (χ0n) is 15.1. The smallest absolute Gasteiger partial charge is 0.477 e. The van der Waals surface area contributed by atoms with Gasteiger partial charge in [-0.15, -0.1) is 0 Å². The summed E-state index contributed by atoms with van der Waals surface area (Å²) >= 11 is 0. The van der Waals surface area contributed by atoms with E-state index in [1.165, 1.54) is 0 Å². The van der Waals surface area contributed by atoms with Gasteiger partial charge in [-0.25, -0.2) is 0 Å². The van der Waals surface area contributed by atoms with E-state index in [-0.39, 0.29) is 7.12 Å². The summed E-state index contributed by atoms with van der Waals surface area (Å²) in [5, 5.41) is 12.5. The van der Waals surface area contributed by atoms with Crippen LogP contribution in [0.2, 0.25) is 0 Å². The molecule has 0 amide bonds. The molecule has 134 valence electrons. The first-order chi connectivity index (χ1) is 12.7. The summed E-state index contributed by atoms with van der Waals surface area (Å²) in [4.78, 5) is 4.45. The lowest BCUT2D eigenvalue weighted by atomic mass is 9.79. The fraction of sp³-hybridized carbons (Fsp3) is 0.368. The van der Waals surface area contributed by atoms with E-state index in [0.29, 0.717) is 30.5 Å². The summed E-state index contributed by atoms with van der Waals surface area (Å²) in [6, 6.07) is 11.6. The minimum atomic E-state index is -0.296. The van der Waals surface area contributed by atoms with Crippen LogP contribution in [-0.2, 0) is 15.9 Å². The van der Waals surface area contributed by atoms with E-state index in [1.807, 2.05) is 18.2 Å². The second-order valence-electron chi connectivity index (χ2n) is 6.13. The van der Waals surface area contributed by atoms with E-state index in [4.69, 9.17) is 14.0 Å². The average molecular weight is 351 g/mol.